The third-order valence-electron chi connectivity index (χ3n) is 3.53. The molecule has 0 radical (unpaired) electrons. The topological polar surface area (TPSA) is 33.3 Å². The molecule has 3 heteroatoms. The summed E-state index contributed by atoms with van der Waals surface area (Å²) in [5, 5.41) is 6.75. The second kappa shape index (κ2) is 5.63. The van der Waals surface area contributed by atoms with E-state index >= 15 is 0 Å². The Morgan fingerprint density at radius 1 is 1.35 bits per heavy atom. The number of morpholine rings is 1. The van der Waals surface area contributed by atoms with Crippen LogP contribution in [0.2, 0.25) is 0 Å². The fraction of sp³-hybridized carbons (Fsp3) is 0.571. The lowest BCUT2D eigenvalue weighted by atomic mass is 9.97. The molecule has 17 heavy (non-hydrogen) atoms. The van der Waals surface area contributed by atoms with Gasteiger partial charge >= 0.3 is 0 Å². The van der Waals surface area contributed by atoms with E-state index in [9.17, 15) is 0 Å². The van der Waals surface area contributed by atoms with E-state index in [-0.39, 0.29) is 12.1 Å². The fourth-order valence-corrected chi connectivity index (χ4v) is 2.33. The van der Waals surface area contributed by atoms with Crippen molar-refractivity contribution >= 4 is 0 Å². The molecule has 0 spiro atoms. The Bertz CT molecular complexity index is 372. The number of ether oxygens (including phenoxy) is 1. The minimum absolute atomic E-state index is 0.218. The fourth-order valence-electron chi connectivity index (χ4n) is 2.33. The van der Waals surface area contributed by atoms with E-state index < -0.39 is 0 Å². The summed E-state index contributed by atoms with van der Waals surface area (Å²) in [5.74, 6) is 0. The molecule has 1 aromatic carbocycles. The number of benzene rings is 1. The molecular weight excluding hydrogens is 212 g/mol. The molecule has 1 heterocycles. The predicted octanol–water partition coefficient (Wildman–Crippen LogP) is 1.55. The largest absolute Gasteiger partial charge is 0.374 e. The Hall–Kier alpha value is -0.900. The van der Waals surface area contributed by atoms with Crippen LogP contribution >= 0.6 is 0 Å². The third-order valence-corrected chi connectivity index (χ3v) is 3.53. The van der Waals surface area contributed by atoms with Gasteiger partial charge in [-0.25, -0.2) is 0 Å². The average molecular weight is 234 g/mol. The molecule has 2 unspecified atom stereocenters. The molecule has 2 atom stereocenters. The zero-order valence-electron chi connectivity index (χ0n) is 10.9. The highest BCUT2D eigenvalue weighted by atomic mass is 16.5. The smallest absolute Gasteiger partial charge is 0.0894 e. The van der Waals surface area contributed by atoms with Gasteiger partial charge in [0.05, 0.1) is 18.8 Å². The summed E-state index contributed by atoms with van der Waals surface area (Å²) in [5.41, 5.74) is 3.99. The Labute approximate surface area is 104 Å². The maximum Gasteiger partial charge on any atom is 0.0894 e. The van der Waals surface area contributed by atoms with E-state index in [2.05, 4.69) is 42.7 Å². The minimum atomic E-state index is 0.218. The lowest BCUT2D eigenvalue weighted by Gasteiger charge is -2.31. The molecule has 94 valence electrons. The van der Waals surface area contributed by atoms with E-state index in [4.69, 9.17) is 4.74 Å². The number of hydrogen-bond donors (Lipinski definition) is 2. The van der Waals surface area contributed by atoms with Crippen LogP contribution in [-0.2, 0) is 4.74 Å². The molecule has 2 rings (SSSR count). The lowest BCUT2D eigenvalue weighted by Crippen LogP contribution is -2.45. The zero-order chi connectivity index (χ0) is 12.3. The minimum Gasteiger partial charge on any atom is -0.374 e. The standard InChI is InChI=1S/C14H22N2O/c1-10-4-5-12(8-11(10)2)14(15-3)13-9-16-6-7-17-13/h4-5,8,13-16H,6-7,9H2,1-3H3. The Balaban J connectivity index is 2.18. The summed E-state index contributed by atoms with van der Waals surface area (Å²) >= 11 is 0. The van der Waals surface area contributed by atoms with Crippen LogP contribution in [0.25, 0.3) is 0 Å². The quantitative estimate of drug-likeness (QED) is 0.832. The first kappa shape index (κ1) is 12.6. The van der Waals surface area contributed by atoms with Crippen molar-refractivity contribution in [3.8, 4) is 0 Å². The van der Waals surface area contributed by atoms with Gasteiger partial charge in [-0.2, -0.15) is 0 Å². The average Bonchev–Trinajstić information content (AvgIpc) is 2.36. The Morgan fingerprint density at radius 3 is 2.76 bits per heavy atom. The SMILES string of the molecule is CNC(c1ccc(C)c(C)c1)C1CNCCO1. The van der Waals surface area contributed by atoms with Gasteiger partial charge in [-0.3, -0.25) is 0 Å². The molecule has 0 amide bonds. The highest BCUT2D eigenvalue weighted by Crippen LogP contribution is 2.22. The molecule has 1 saturated heterocycles. The first-order valence-electron chi connectivity index (χ1n) is 6.29. The van der Waals surface area contributed by atoms with Crippen molar-refractivity contribution in [3.05, 3.63) is 34.9 Å². The molecule has 1 aromatic rings. The maximum absolute atomic E-state index is 5.83. The van der Waals surface area contributed by atoms with Gasteiger partial charge in [-0.1, -0.05) is 18.2 Å². The Kier molecular flexibility index (Phi) is 4.15. The third kappa shape index (κ3) is 2.86. The summed E-state index contributed by atoms with van der Waals surface area (Å²) in [4.78, 5) is 0. The summed E-state index contributed by atoms with van der Waals surface area (Å²) < 4.78 is 5.83. The monoisotopic (exact) mass is 234 g/mol. The highest BCUT2D eigenvalue weighted by molar-refractivity contribution is 5.32. The number of rotatable bonds is 3. The molecule has 1 fully saturated rings. The number of aryl methyl sites for hydroxylation is 2. The van der Waals surface area contributed by atoms with Crippen molar-refractivity contribution in [3.63, 3.8) is 0 Å². The van der Waals surface area contributed by atoms with Gasteiger partial charge in [0, 0.05) is 13.1 Å². The van der Waals surface area contributed by atoms with E-state index in [1.165, 1.54) is 16.7 Å². The van der Waals surface area contributed by atoms with Crippen molar-refractivity contribution in [2.75, 3.05) is 26.7 Å². The second-order valence-electron chi connectivity index (χ2n) is 4.72. The van der Waals surface area contributed by atoms with Crippen LogP contribution in [0.5, 0.6) is 0 Å². The first-order chi connectivity index (χ1) is 8.22. The number of hydrogen-bond acceptors (Lipinski definition) is 3. The predicted molar refractivity (Wildman–Crippen MR) is 70.3 cm³/mol. The van der Waals surface area contributed by atoms with Crippen LogP contribution in [-0.4, -0.2) is 32.8 Å². The van der Waals surface area contributed by atoms with Gasteiger partial charge < -0.3 is 15.4 Å². The maximum atomic E-state index is 5.83. The lowest BCUT2D eigenvalue weighted by molar-refractivity contribution is 0.00537. The number of nitrogens with one attached hydrogen (secondary N) is 2. The van der Waals surface area contributed by atoms with Crippen LogP contribution in [0.4, 0.5) is 0 Å². The summed E-state index contributed by atoms with van der Waals surface area (Å²) in [7, 11) is 2.00. The molecule has 3 nitrogen and oxygen atoms in total. The van der Waals surface area contributed by atoms with Gasteiger partial charge in [-0.15, -0.1) is 0 Å². The van der Waals surface area contributed by atoms with Gasteiger partial charge in [0.1, 0.15) is 0 Å². The molecular formula is C14H22N2O. The van der Waals surface area contributed by atoms with Gasteiger partial charge in [0.15, 0.2) is 0 Å². The summed E-state index contributed by atoms with van der Waals surface area (Å²) in [6, 6.07) is 6.91. The van der Waals surface area contributed by atoms with Crippen molar-refractivity contribution in [2.45, 2.75) is 26.0 Å². The van der Waals surface area contributed by atoms with Crippen LogP contribution in [0.3, 0.4) is 0 Å². The van der Waals surface area contributed by atoms with E-state index in [1.54, 1.807) is 0 Å². The highest BCUT2D eigenvalue weighted by Gasteiger charge is 2.24. The number of likely N-dealkylation sites (N-methyl/N-ethyl adjacent to an activating group) is 1. The normalized spacial score (nSPS) is 22.4. The van der Waals surface area contributed by atoms with Crippen molar-refractivity contribution in [2.24, 2.45) is 0 Å². The second-order valence-corrected chi connectivity index (χ2v) is 4.72. The summed E-state index contributed by atoms with van der Waals surface area (Å²) in [6.45, 7) is 6.98. The van der Waals surface area contributed by atoms with Crippen LogP contribution in [0.1, 0.15) is 22.7 Å². The molecule has 0 aliphatic carbocycles. The van der Waals surface area contributed by atoms with Crippen LogP contribution < -0.4 is 10.6 Å². The van der Waals surface area contributed by atoms with Crippen molar-refractivity contribution < 1.29 is 4.74 Å². The van der Waals surface area contributed by atoms with Gasteiger partial charge in [0.25, 0.3) is 0 Å². The van der Waals surface area contributed by atoms with Gasteiger partial charge in [-0.05, 0) is 37.6 Å². The Morgan fingerprint density at radius 2 is 2.18 bits per heavy atom. The molecule has 0 bridgehead atoms. The van der Waals surface area contributed by atoms with E-state index in [0.717, 1.165) is 19.7 Å². The molecule has 0 aromatic heterocycles. The molecule has 2 N–H and O–H groups in total. The van der Waals surface area contributed by atoms with Crippen molar-refractivity contribution in [1.82, 2.24) is 10.6 Å². The first-order valence-corrected chi connectivity index (χ1v) is 6.29. The molecule has 0 saturated carbocycles. The van der Waals surface area contributed by atoms with Crippen LogP contribution in [0, 0.1) is 13.8 Å². The van der Waals surface area contributed by atoms with Crippen LogP contribution in [0.15, 0.2) is 18.2 Å². The molecule has 1 aliphatic rings. The van der Waals surface area contributed by atoms with E-state index in [0.29, 0.717) is 0 Å². The molecule has 1 aliphatic heterocycles. The van der Waals surface area contributed by atoms with Gasteiger partial charge in [0.2, 0.25) is 0 Å². The van der Waals surface area contributed by atoms with Crippen molar-refractivity contribution in [1.29, 1.82) is 0 Å². The zero-order valence-corrected chi connectivity index (χ0v) is 10.9. The van der Waals surface area contributed by atoms with E-state index in [1.807, 2.05) is 7.05 Å². The summed E-state index contributed by atoms with van der Waals surface area (Å²) in [6.07, 6.45) is 0.218.